The number of unbranched alkanes of at least 4 members (excludes halogenated alkanes) is 2. The molecule has 0 unspecified atom stereocenters. The van der Waals surface area contributed by atoms with Crippen LogP contribution >= 0.6 is 7.87 Å². The van der Waals surface area contributed by atoms with Crippen LogP contribution in [0.4, 0.5) is 0 Å². The minimum absolute atomic E-state index is 1.14. The van der Waals surface area contributed by atoms with Crippen molar-refractivity contribution in [3.63, 3.8) is 0 Å². The van der Waals surface area contributed by atoms with Gasteiger partial charge in [-0.3, -0.25) is 0 Å². The molecule has 0 amide bonds. The minimum atomic E-state index is -2.05. The van der Waals surface area contributed by atoms with E-state index in [9.17, 15) is 0 Å². The third-order valence-corrected chi connectivity index (χ3v) is 11.3. The molecular weight excluding hydrogens is 327 g/mol. The summed E-state index contributed by atoms with van der Waals surface area (Å²) >= 11 is 0. The molecule has 25 heavy (non-hydrogen) atoms. The summed E-state index contributed by atoms with van der Waals surface area (Å²) in [5.74, 6) is 0. The fraction of sp³-hybridized carbons (Fsp3) is 1.00. The molecule has 0 aromatic rings. The van der Waals surface area contributed by atoms with Crippen molar-refractivity contribution in [3.05, 3.63) is 0 Å². The molecule has 0 heterocycles. The molecule has 0 atom stereocenters. The van der Waals surface area contributed by atoms with E-state index in [2.05, 4.69) is 74.1 Å². The molecule has 0 aliphatic rings. The Hall–Kier alpha value is 0.270. The molecular formula is C20H49N4P. The van der Waals surface area contributed by atoms with E-state index in [1.807, 2.05) is 0 Å². The summed E-state index contributed by atoms with van der Waals surface area (Å²) in [6.45, 7) is 28.1. The molecule has 0 aliphatic carbocycles. The third-order valence-electron chi connectivity index (χ3n) is 5.55. The van der Waals surface area contributed by atoms with Crippen molar-refractivity contribution in [2.75, 3.05) is 52.4 Å². The van der Waals surface area contributed by atoms with Crippen LogP contribution in [-0.4, -0.2) is 71.0 Å². The van der Waals surface area contributed by atoms with Gasteiger partial charge in [-0.25, -0.2) is 0 Å². The van der Waals surface area contributed by atoms with E-state index in [4.69, 9.17) is 0 Å². The molecule has 0 aromatic heterocycles. The topological polar surface area (TPSA) is 13.0 Å². The summed E-state index contributed by atoms with van der Waals surface area (Å²) in [5.41, 5.74) is 0. The van der Waals surface area contributed by atoms with E-state index in [-0.39, 0.29) is 0 Å². The summed E-state index contributed by atoms with van der Waals surface area (Å²) < 4.78 is 11.4. The molecule has 0 N–H and O–H groups in total. The molecule has 0 aromatic carbocycles. The van der Waals surface area contributed by atoms with Crippen molar-refractivity contribution < 1.29 is 0 Å². The number of hydrogen-bond donors (Lipinski definition) is 0. The first-order chi connectivity index (χ1) is 12.1. The zero-order chi connectivity index (χ0) is 19.3. The van der Waals surface area contributed by atoms with Crippen molar-refractivity contribution >= 4 is 7.87 Å². The maximum absolute atomic E-state index is 2.94. The maximum atomic E-state index is 2.94. The Labute approximate surface area is 160 Å². The van der Waals surface area contributed by atoms with Gasteiger partial charge in [0, 0.05) is 0 Å². The average molecular weight is 377 g/mol. The fourth-order valence-electron chi connectivity index (χ4n) is 4.25. The summed E-state index contributed by atoms with van der Waals surface area (Å²) in [6.07, 6.45) is 5.17. The molecule has 0 fully saturated rings. The Morgan fingerprint density at radius 1 is 0.440 bits per heavy atom. The molecule has 5 heteroatoms. The van der Waals surface area contributed by atoms with E-state index in [0.29, 0.717) is 0 Å². The van der Waals surface area contributed by atoms with E-state index in [1.165, 1.54) is 38.8 Å². The van der Waals surface area contributed by atoms with Crippen molar-refractivity contribution in [2.24, 2.45) is 0 Å². The second-order valence-electron chi connectivity index (χ2n) is 6.81. The molecule has 154 valence electrons. The molecule has 0 rings (SSSR count). The van der Waals surface area contributed by atoms with Gasteiger partial charge >= 0.3 is 160 Å². The van der Waals surface area contributed by atoms with Gasteiger partial charge in [-0.2, -0.15) is 0 Å². The van der Waals surface area contributed by atoms with Crippen LogP contribution in [0.1, 0.15) is 81.1 Å². The van der Waals surface area contributed by atoms with Crippen LogP contribution in [0.5, 0.6) is 0 Å². The van der Waals surface area contributed by atoms with Gasteiger partial charge in [-0.1, -0.05) is 0 Å². The molecule has 0 aliphatic heterocycles. The summed E-state index contributed by atoms with van der Waals surface area (Å²) in [5, 5.41) is 0. The summed E-state index contributed by atoms with van der Waals surface area (Å²) in [4.78, 5) is 0. The first kappa shape index (κ1) is 25.3. The van der Waals surface area contributed by atoms with Gasteiger partial charge in [0.2, 0.25) is 0 Å². The van der Waals surface area contributed by atoms with E-state index >= 15 is 0 Å². The van der Waals surface area contributed by atoms with Crippen LogP contribution in [0.15, 0.2) is 0 Å². The first-order valence-corrected chi connectivity index (χ1v) is 12.9. The predicted octanol–water partition coefficient (Wildman–Crippen LogP) is 5.32. The van der Waals surface area contributed by atoms with Crippen molar-refractivity contribution in [2.45, 2.75) is 81.1 Å². The van der Waals surface area contributed by atoms with Crippen LogP contribution in [0.25, 0.3) is 0 Å². The van der Waals surface area contributed by atoms with Crippen LogP contribution in [-0.2, 0) is 0 Å². The van der Waals surface area contributed by atoms with Crippen LogP contribution in [0.2, 0.25) is 0 Å². The molecule has 0 spiro atoms. The Balaban J connectivity index is 6.28. The second kappa shape index (κ2) is 14.3. The van der Waals surface area contributed by atoms with Crippen LogP contribution < -0.4 is 0 Å². The van der Waals surface area contributed by atoms with Gasteiger partial charge in [0.1, 0.15) is 0 Å². The Kier molecular flexibility index (Phi) is 14.5. The van der Waals surface area contributed by atoms with Gasteiger partial charge < -0.3 is 0 Å². The van der Waals surface area contributed by atoms with E-state index in [0.717, 1.165) is 39.3 Å². The first-order valence-electron chi connectivity index (χ1n) is 11.1. The van der Waals surface area contributed by atoms with Crippen LogP contribution in [0, 0.1) is 0 Å². The normalized spacial score (nSPS) is 13.6. The summed E-state index contributed by atoms with van der Waals surface area (Å²) in [6, 6.07) is 0. The van der Waals surface area contributed by atoms with Gasteiger partial charge in [0.25, 0.3) is 0 Å². The molecule has 0 radical (unpaired) electrons. The van der Waals surface area contributed by atoms with Crippen molar-refractivity contribution in [3.8, 4) is 0 Å². The van der Waals surface area contributed by atoms with Gasteiger partial charge in [0.05, 0.1) is 0 Å². The van der Waals surface area contributed by atoms with Gasteiger partial charge in [-0.05, 0) is 0 Å². The number of hydrogen-bond acceptors (Lipinski definition) is 4. The van der Waals surface area contributed by atoms with Crippen molar-refractivity contribution in [1.82, 2.24) is 18.7 Å². The van der Waals surface area contributed by atoms with Crippen LogP contribution in [0.3, 0.4) is 0 Å². The monoisotopic (exact) mass is 376 g/mol. The zero-order valence-electron chi connectivity index (χ0n) is 18.8. The average Bonchev–Trinajstić information content (AvgIpc) is 2.64. The second-order valence-corrected chi connectivity index (χ2v) is 10.5. The molecule has 4 nitrogen and oxygen atoms in total. The predicted molar refractivity (Wildman–Crippen MR) is 118 cm³/mol. The number of rotatable bonds is 16. The quantitative estimate of drug-likeness (QED) is 0.338. The fourth-order valence-corrected chi connectivity index (χ4v) is 10.1. The standard InChI is InChI=1S/C20H49N4P/c1-9-17-19-24(20-18-10-2)25(21(11-3)12-4,22(13-5)14-6)23(15-7)16-8/h25H,9-20H2,1-8H3. The Morgan fingerprint density at radius 2 is 0.720 bits per heavy atom. The third kappa shape index (κ3) is 6.14. The Bertz CT molecular complexity index is 263. The van der Waals surface area contributed by atoms with Gasteiger partial charge in [-0.15, -0.1) is 0 Å². The van der Waals surface area contributed by atoms with E-state index < -0.39 is 7.87 Å². The Morgan fingerprint density at radius 3 is 0.920 bits per heavy atom. The molecule has 0 bridgehead atoms. The molecule has 0 saturated carbocycles. The zero-order valence-corrected chi connectivity index (χ0v) is 19.8. The summed E-state index contributed by atoms with van der Waals surface area (Å²) in [7, 11) is -2.05. The van der Waals surface area contributed by atoms with Crippen molar-refractivity contribution in [1.29, 1.82) is 0 Å². The van der Waals surface area contributed by atoms with E-state index in [1.54, 1.807) is 0 Å². The van der Waals surface area contributed by atoms with Gasteiger partial charge in [0.15, 0.2) is 0 Å². The number of nitrogens with zero attached hydrogens (tertiary/aromatic N) is 4. The molecule has 0 saturated heterocycles. The SMILES string of the molecule is CCCCN(CCCC)[PH](N(CC)CC)(N(CC)CC)N(CC)CC.